The van der Waals surface area contributed by atoms with Gasteiger partial charge in [0, 0.05) is 11.8 Å². The number of ether oxygens (including phenoxy) is 1. The lowest BCUT2D eigenvalue weighted by Crippen LogP contribution is -2.02. The average Bonchev–Trinajstić information content (AvgIpc) is 2.46. The second-order valence-electron chi connectivity index (χ2n) is 5.68. The Labute approximate surface area is 130 Å². The van der Waals surface area contributed by atoms with Crippen molar-refractivity contribution in [1.29, 1.82) is 0 Å². The Morgan fingerprint density at radius 2 is 1.40 bits per heavy atom. The Morgan fingerprint density at radius 1 is 0.900 bits per heavy atom. The summed E-state index contributed by atoms with van der Waals surface area (Å²) in [7, 11) is 1.44. The van der Waals surface area contributed by atoms with Crippen LogP contribution < -0.4 is 0 Å². The molecule has 0 aliphatic heterocycles. The van der Waals surface area contributed by atoms with Gasteiger partial charge in [-0.3, -0.25) is 4.79 Å². The van der Waals surface area contributed by atoms with Crippen LogP contribution in [0, 0.1) is 0 Å². The fourth-order valence-electron chi connectivity index (χ4n) is 2.38. The molecule has 120 valence electrons. The molecule has 0 aromatic rings. The maximum absolute atomic E-state index is 10.9. The molecule has 0 amide bonds. The summed E-state index contributed by atoms with van der Waals surface area (Å²) in [5.41, 5.74) is 0. The van der Waals surface area contributed by atoms with Gasteiger partial charge in [-0.25, -0.2) is 0 Å². The van der Waals surface area contributed by atoms with Crippen LogP contribution in [0.3, 0.4) is 0 Å². The summed E-state index contributed by atoms with van der Waals surface area (Å²) in [6, 6.07) is 0. The van der Waals surface area contributed by atoms with Crippen molar-refractivity contribution in [3.05, 3.63) is 0 Å². The molecule has 3 heteroatoms. The predicted molar refractivity (Wildman–Crippen MR) is 87.4 cm³/mol. The minimum absolute atomic E-state index is 0.112. The fraction of sp³-hybridized carbons (Fsp3) is 0.941. The van der Waals surface area contributed by atoms with Gasteiger partial charge in [0.25, 0.3) is 0 Å². The molecule has 1 unspecified atom stereocenters. The Hall–Kier alpha value is -0.240. The molecule has 0 aromatic heterocycles. The Morgan fingerprint density at radius 3 is 1.95 bits per heavy atom. The van der Waals surface area contributed by atoms with Gasteiger partial charge in [0.15, 0.2) is 0 Å². The van der Waals surface area contributed by atoms with Gasteiger partial charge in [-0.05, 0) is 19.3 Å². The van der Waals surface area contributed by atoms with Crippen molar-refractivity contribution in [3.8, 4) is 0 Å². The highest BCUT2D eigenvalue weighted by Crippen LogP contribution is 2.17. The normalized spacial score (nSPS) is 12.3. The molecule has 0 spiro atoms. The number of methoxy groups -OCH3 is 1. The number of carbonyl (C=O) groups is 1. The first-order chi connectivity index (χ1) is 9.70. The number of unbranched alkanes of at least 4 members (excludes halogenated alkanes) is 8. The van der Waals surface area contributed by atoms with Gasteiger partial charge in [-0.15, -0.1) is 11.6 Å². The predicted octanol–water partition coefficient (Wildman–Crippen LogP) is 5.86. The average molecular weight is 305 g/mol. The first-order valence-electron chi connectivity index (χ1n) is 8.41. The standard InChI is InChI=1S/C17H33ClO2/c1-3-4-5-6-7-8-9-10-13-16(18)14-11-12-15-17(19)20-2/h16H,3-15H2,1-2H3. The Balaban J connectivity index is 3.20. The molecule has 20 heavy (non-hydrogen) atoms. The SMILES string of the molecule is CCCCCCCCCCC(Cl)CCCCC(=O)OC. The van der Waals surface area contributed by atoms with Crippen LogP contribution in [-0.2, 0) is 9.53 Å². The van der Waals surface area contributed by atoms with Crippen LogP contribution in [0.1, 0.15) is 90.4 Å². The first kappa shape index (κ1) is 19.8. The Bertz CT molecular complexity index is 219. The van der Waals surface area contributed by atoms with Crippen molar-refractivity contribution in [3.63, 3.8) is 0 Å². The first-order valence-corrected chi connectivity index (χ1v) is 8.85. The molecule has 0 aromatic carbocycles. The van der Waals surface area contributed by atoms with Gasteiger partial charge in [-0.2, -0.15) is 0 Å². The number of hydrogen-bond donors (Lipinski definition) is 0. The van der Waals surface area contributed by atoms with Gasteiger partial charge in [-0.1, -0.05) is 64.7 Å². The van der Waals surface area contributed by atoms with Crippen LogP contribution in [0.25, 0.3) is 0 Å². The summed E-state index contributed by atoms with van der Waals surface area (Å²) < 4.78 is 4.61. The molecular weight excluding hydrogens is 272 g/mol. The van der Waals surface area contributed by atoms with E-state index < -0.39 is 0 Å². The topological polar surface area (TPSA) is 26.3 Å². The summed E-state index contributed by atoms with van der Waals surface area (Å²) >= 11 is 6.30. The zero-order valence-electron chi connectivity index (χ0n) is 13.5. The molecule has 0 aliphatic rings. The maximum atomic E-state index is 10.9. The zero-order valence-corrected chi connectivity index (χ0v) is 14.2. The van der Waals surface area contributed by atoms with E-state index in [-0.39, 0.29) is 11.3 Å². The minimum atomic E-state index is -0.112. The van der Waals surface area contributed by atoms with Gasteiger partial charge in [0.05, 0.1) is 7.11 Å². The smallest absolute Gasteiger partial charge is 0.305 e. The molecular formula is C17H33ClO2. The van der Waals surface area contributed by atoms with E-state index in [4.69, 9.17) is 11.6 Å². The molecule has 0 saturated carbocycles. The number of esters is 1. The van der Waals surface area contributed by atoms with Crippen molar-refractivity contribution in [1.82, 2.24) is 0 Å². The highest BCUT2D eigenvalue weighted by molar-refractivity contribution is 6.20. The van der Waals surface area contributed by atoms with E-state index in [1.807, 2.05) is 0 Å². The van der Waals surface area contributed by atoms with Crippen LogP contribution in [-0.4, -0.2) is 18.5 Å². The maximum Gasteiger partial charge on any atom is 0.305 e. The van der Waals surface area contributed by atoms with Crippen molar-refractivity contribution in [2.24, 2.45) is 0 Å². The molecule has 0 N–H and O–H groups in total. The number of halogens is 1. The molecule has 0 heterocycles. The summed E-state index contributed by atoms with van der Waals surface area (Å²) in [4.78, 5) is 10.9. The molecule has 0 bridgehead atoms. The molecule has 0 aliphatic carbocycles. The third-order valence-corrected chi connectivity index (χ3v) is 4.18. The third-order valence-electron chi connectivity index (χ3n) is 3.75. The number of alkyl halides is 1. The lowest BCUT2D eigenvalue weighted by atomic mass is 10.0. The largest absolute Gasteiger partial charge is 0.469 e. The van der Waals surface area contributed by atoms with E-state index >= 15 is 0 Å². The molecule has 2 nitrogen and oxygen atoms in total. The van der Waals surface area contributed by atoms with E-state index in [2.05, 4.69) is 11.7 Å². The lowest BCUT2D eigenvalue weighted by molar-refractivity contribution is -0.140. The highest BCUT2D eigenvalue weighted by atomic mass is 35.5. The van der Waals surface area contributed by atoms with Crippen LogP contribution in [0.2, 0.25) is 0 Å². The van der Waals surface area contributed by atoms with Gasteiger partial charge < -0.3 is 4.74 Å². The Kier molecular flexibility index (Phi) is 15.0. The van der Waals surface area contributed by atoms with Crippen LogP contribution in [0.15, 0.2) is 0 Å². The molecule has 1 atom stereocenters. The van der Waals surface area contributed by atoms with Gasteiger partial charge in [0.1, 0.15) is 0 Å². The quantitative estimate of drug-likeness (QED) is 0.228. The second kappa shape index (κ2) is 15.2. The summed E-state index contributed by atoms with van der Waals surface area (Å²) in [5, 5.41) is 0.285. The van der Waals surface area contributed by atoms with Crippen molar-refractivity contribution in [2.45, 2.75) is 95.8 Å². The van der Waals surface area contributed by atoms with E-state index in [1.165, 1.54) is 58.5 Å². The van der Waals surface area contributed by atoms with E-state index in [0.717, 1.165) is 25.7 Å². The fourth-order valence-corrected chi connectivity index (χ4v) is 2.69. The molecule has 0 fully saturated rings. The molecule has 0 radical (unpaired) electrons. The monoisotopic (exact) mass is 304 g/mol. The minimum Gasteiger partial charge on any atom is -0.469 e. The van der Waals surface area contributed by atoms with E-state index in [9.17, 15) is 4.79 Å². The van der Waals surface area contributed by atoms with Gasteiger partial charge >= 0.3 is 5.97 Å². The van der Waals surface area contributed by atoms with Crippen molar-refractivity contribution < 1.29 is 9.53 Å². The van der Waals surface area contributed by atoms with E-state index in [1.54, 1.807) is 0 Å². The van der Waals surface area contributed by atoms with Crippen molar-refractivity contribution >= 4 is 17.6 Å². The summed E-state index contributed by atoms with van der Waals surface area (Å²) in [6.07, 6.45) is 15.4. The van der Waals surface area contributed by atoms with Crippen LogP contribution in [0.5, 0.6) is 0 Å². The molecule has 0 rings (SSSR count). The number of rotatable bonds is 14. The number of hydrogen-bond acceptors (Lipinski definition) is 2. The highest BCUT2D eigenvalue weighted by Gasteiger charge is 2.05. The zero-order chi connectivity index (χ0) is 15.1. The van der Waals surface area contributed by atoms with Crippen molar-refractivity contribution in [2.75, 3.05) is 7.11 Å². The second-order valence-corrected chi connectivity index (χ2v) is 6.30. The summed E-state index contributed by atoms with van der Waals surface area (Å²) in [5.74, 6) is -0.112. The van der Waals surface area contributed by atoms with Gasteiger partial charge in [0.2, 0.25) is 0 Å². The number of carbonyl (C=O) groups excluding carboxylic acids is 1. The van der Waals surface area contributed by atoms with E-state index in [0.29, 0.717) is 6.42 Å². The van der Waals surface area contributed by atoms with Crippen LogP contribution in [0.4, 0.5) is 0 Å². The lowest BCUT2D eigenvalue weighted by Gasteiger charge is -2.09. The summed E-state index contributed by atoms with van der Waals surface area (Å²) in [6.45, 7) is 2.26. The molecule has 0 saturated heterocycles. The van der Waals surface area contributed by atoms with Crippen LogP contribution >= 0.6 is 11.6 Å². The third kappa shape index (κ3) is 14.2.